The van der Waals surface area contributed by atoms with Crippen LogP contribution in [0.15, 0.2) is 29.2 Å². The number of hydrogen-bond acceptors (Lipinski definition) is 6. The summed E-state index contributed by atoms with van der Waals surface area (Å²) < 4.78 is 27.8. The maximum Gasteiger partial charge on any atom is 0.238 e. The Morgan fingerprint density at radius 1 is 1.26 bits per heavy atom. The predicted molar refractivity (Wildman–Crippen MR) is 90.1 cm³/mol. The van der Waals surface area contributed by atoms with E-state index in [1.807, 2.05) is 4.90 Å². The smallest absolute Gasteiger partial charge is 0.238 e. The van der Waals surface area contributed by atoms with Crippen LogP contribution in [0.1, 0.15) is 0 Å². The van der Waals surface area contributed by atoms with Gasteiger partial charge in [0.1, 0.15) is 5.75 Å². The molecule has 1 heterocycles. The van der Waals surface area contributed by atoms with Gasteiger partial charge in [-0.15, -0.1) is 11.8 Å². The van der Waals surface area contributed by atoms with E-state index in [4.69, 9.17) is 9.88 Å². The van der Waals surface area contributed by atoms with Crippen molar-refractivity contribution in [1.82, 2.24) is 10.2 Å². The van der Waals surface area contributed by atoms with E-state index in [0.717, 1.165) is 26.2 Å². The number of piperazine rings is 1. The van der Waals surface area contributed by atoms with Crippen molar-refractivity contribution in [3.8, 4) is 5.75 Å². The quantitative estimate of drug-likeness (QED) is 0.658. The van der Waals surface area contributed by atoms with Crippen LogP contribution in [0.5, 0.6) is 5.75 Å². The number of hydrogen-bond donors (Lipinski definition) is 2. The molecule has 1 amide bonds. The largest absolute Gasteiger partial charge is 0.493 e. The molecule has 1 aliphatic rings. The SMILES string of the molecule is NS(=O)(=O)c1ccc(OCCSCC(=O)N2CCNCC2)cc1. The number of thioether (sulfide) groups is 1. The standard InChI is InChI=1S/C14H21N3O4S2/c15-23(19,20)13-3-1-12(2-4-13)21-9-10-22-11-14(18)17-7-5-16-6-8-17/h1-4,16H,5-11H2,(H2,15,19,20). The molecule has 0 aromatic heterocycles. The molecule has 3 N–H and O–H groups in total. The molecule has 1 aromatic rings. The molecule has 0 saturated carbocycles. The number of carbonyl (C=O) groups is 1. The minimum atomic E-state index is -3.68. The molecule has 9 heteroatoms. The molecule has 2 rings (SSSR count). The van der Waals surface area contributed by atoms with Crippen LogP contribution in [-0.4, -0.2) is 63.5 Å². The number of nitrogens with two attached hydrogens (primary N) is 1. The van der Waals surface area contributed by atoms with E-state index >= 15 is 0 Å². The summed E-state index contributed by atoms with van der Waals surface area (Å²) in [5, 5.41) is 8.24. The average molecular weight is 359 g/mol. The number of ether oxygens (including phenoxy) is 1. The van der Waals surface area contributed by atoms with Gasteiger partial charge in [-0.25, -0.2) is 13.6 Å². The van der Waals surface area contributed by atoms with Crippen LogP contribution in [0, 0.1) is 0 Å². The van der Waals surface area contributed by atoms with E-state index in [2.05, 4.69) is 5.32 Å². The highest BCUT2D eigenvalue weighted by atomic mass is 32.2. The monoisotopic (exact) mass is 359 g/mol. The van der Waals surface area contributed by atoms with Crippen molar-refractivity contribution in [3.63, 3.8) is 0 Å². The molecular weight excluding hydrogens is 338 g/mol. The van der Waals surface area contributed by atoms with Crippen molar-refractivity contribution >= 4 is 27.7 Å². The van der Waals surface area contributed by atoms with Gasteiger partial charge in [-0.1, -0.05) is 0 Å². The molecule has 7 nitrogen and oxygen atoms in total. The molecule has 0 aliphatic carbocycles. The van der Waals surface area contributed by atoms with Crippen molar-refractivity contribution in [3.05, 3.63) is 24.3 Å². The van der Waals surface area contributed by atoms with E-state index in [1.54, 1.807) is 12.1 Å². The van der Waals surface area contributed by atoms with Gasteiger partial charge in [0, 0.05) is 31.9 Å². The van der Waals surface area contributed by atoms with Crippen molar-refractivity contribution in [1.29, 1.82) is 0 Å². The molecule has 1 aliphatic heterocycles. The second kappa shape index (κ2) is 8.53. The first-order valence-electron chi connectivity index (χ1n) is 7.29. The zero-order valence-corrected chi connectivity index (χ0v) is 14.4. The third-order valence-corrected chi connectivity index (χ3v) is 5.18. The number of primary sulfonamides is 1. The molecule has 0 unspecified atom stereocenters. The summed E-state index contributed by atoms with van der Waals surface area (Å²) in [5.74, 6) is 1.88. The Labute approximate surface area is 140 Å². The van der Waals surface area contributed by atoms with E-state index in [0.29, 0.717) is 23.9 Å². The molecular formula is C14H21N3O4S2. The zero-order valence-electron chi connectivity index (χ0n) is 12.7. The van der Waals surface area contributed by atoms with Crippen molar-refractivity contribution in [2.24, 2.45) is 5.14 Å². The summed E-state index contributed by atoms with van der Waals surface area (Å²) in [7, 11) is -3.68. The van der Waals surface area contributed by atoms with Crippen LogP contribution >= 0.6 is 11.8 Å². The molecule has 0 atom stereocenters. The third-order valence-electron chi connectivity index (χ3n) is 3.34. The molecule has 23 heavy (non-hydrogen) atoms. The van der Waals surface area contributed by atoms with Crippen LogP contribution < -0.4 is 15.2 Å². The van der Waals surface area contributed by atoms with Crippen LogP contribution in [-0.2, 0) is 14.8 Å². The fourth-order valence-electron chi connectivity index (χ4n) is 2.11. The summed E-state index contributed by atoms with van der Waals surface area (Å²) in [4.78, 5) is 13.9. The summed E-state index contributed by atoms with van der Waals surface area (Å²) in [6.45, 7) is 3.70. The maximum atomic E-state index is 11.9. The Kier molecular flexibility index (Phi) is 6.70. The van der Waals surface area contributed by atoms with Gasteiger partial charge in [0.05, 0.1) is 17.3 Å². The Morgan fingerprint density at radius 2 is 1.91 bits per heavy atom. The molecule has 0 spiro atoms. The summed E-state index contributed by atoms with van der Waals surface area (Å²) >= 11 is 1.53. The summed E-state index contributed by atoms with van der Waals surface area (Å²) in [6, 6.07) is 5.95. The molecule has 0 bridgehead atoms. The molecule has 1 aromatic carbocycles. The topological polar surface area (TPSA) is 102 Å². The van der Waals surface area contributed by atoms with Crippen molar-refractivity contribution in [2.75, 3.05) is 44.3 Å². The first-order chi connectivity index (χ1) is 11.0. The number of nitrogens with one attached hydrogen (secondary N) is 1. The number of carbonyl (C=O) groups excluding carboxylic acids is 1. The number of amides is 1. The number of benzene rings is 1. The van der Waals surface area contributed by atoms with Gasteiger partial charge in [0.15, 0.2) is 0 Å². The molecule has 0 radical (unpaired) electrons. The van der Waals surface area contributed by atoms with Gasteiger partial charge >= 0.3 is 0 Å². The van der Waals surface area contributed by atoms with Gasteiger partial charge in [0.2, 0.25) is 15.9 Å². The first kappa shape index (κ1) is 18.1. The van der Waals surface area contributed by atoms with Crippen LogP contribution in [0.3, 0.4) is 0 Å². The molecule has 1 fully saturated rings. The van der Waals surface area contributed by atoms with Crippen LogP contribution in [0.25, 0.3) is 0 Å². The van der Waals surface area contributed by atoms with Crippen molar-refractivity contribution < 1.29 is 17.9 Å². The van der Waals surface area contributed by atoms with E-state index in [9.17, 15) is 13.2 Å². The Hall–Kier alpha value is -1.29. The lowest BCUT2D eigenvalue weighted by molar-refractivity contribution is -0.128. The minimum Gasteiger partial charge on any atom is -0.493 e. The lowest BCUT2D eigenvalue weighted by Crippen LogP contribution is -2.47. The van der Waals surface area contributed by atoms with E-state index in [1.165, 1.54) is 23.9 Å². The van der Waals surface area contributed by atoms with Gasteiger partial charge < -0.3 is 15.0 Å². The van der Waals surface area contributed by atoms with Gasteiger partial charge in [0.25, 0.3) is 0 Å². The third kappa shape index (κ3) is 6.02. The number of nitrogens with zero attached hydrogens (tertiary/aromatic N) is 1. The Morgan fingerprint density at radius 3 is 2.52 bits per heavy atom. The maximum absolute atomic E-state index is 11.9. The van der Waals surface area contributed by atoms with E-state index < -0.39 is 10.0 Å². The van der Waals surface area contributed by atoms with Gasteiger partial charge in [-0.3, -0.25) is 4.79 Å². The Balaban J connectivity index is 1.64. The lowest BCUT2D eigenvalue weighted by atomic mass is 10.3. The fraction of sp³-hybridized carbons (Fsp3) is 0.500. The van der Waals surface area contributed by atoms with Crippen molar-refractivity contribution in [2.45, 2.75) is 4.90 Å². The van der Waals surface area contributed by atoms with Crippen LogP contribution in [0.4, 0.5) is 0 Å². The lowest BCUT2D eigenvalue weighted by Gasteiger charge is -2.27. The highest BCUT2D eigenvalue weighted by Crippen LogP contribution is 2.15. The highest BCUT2D eigenvalue weighted by Gasteiger charge is 2.15. The fourth-order valence-corrected chi connectivity index (χ4v) is 3.33. The average Bonchev–Trinajstić information content (AvgIpc) is 2.55. The van der Waals surface area contributed by atoms with Crippen LogP contribution in [0.2, 0.25) is 0 Å². The first-order valence-corrected chi connectivity index (χ1v) is 9.99. The summed E-state index contributed by atoms with van der Waals surface area (Å²) in [6.07, 6.45) is 0. The predicted octanol–water partition coefficient (Wildman–Crippen LogP) is -0.122. The number of sulfonamides is 1. The van der Waals surface area contributed by atoms with E-state index in [-0.39, 0.29) is 10.8 Å². The normalized spacial score (nSPS) is 15.4. The second-order valence-electron chi connectivity index (χ2n) is 5.05. The zero-order chi connectivity index (χ0) is 16.7. The molecule has 1 saturated heterocycles. The number of rotatable bonds is 7. The highest BCUT2D eigenvalue weighted by molar-refractivity contribution is 7.99. The Bertz CT molecular complexity index is 613. The summed E-state index contributed by atoms with van der Waals surface area (Å²) in [5.41, 5.74) is 0. The van der Waals surface area contributed by atoms with Gasteiger partial charge in [-0.2, -0.15) is 0 Å². The van der Waals surface area contributed by atoms with Gasteiger partial charge in [-0.05, 0) is 24.3 Å². The second-order valence-corrected chi connectivity index (χ2v) is 7.71. The molecule has 128 valence electrons. The minimum absolute atomic E-state index is 0.0563.